The second kappa shape index (κ2) is 6.33. The second-order valence-electron chi connectivity index (χ2n) is 6.03. The zero-order chi connectivity index (χ0) is 13.0. The Labute approximate surface area is 111 Å². The number of nitrogens with one attached hydrogen (secondary N) is 1. The molecule has 0 unspecified atom stereocenters. The van der Waals surface area contributed by atoms with Crippen LogP contribution < -0.4 is 5.32 Å². The Balaban J connectivity index is 1.81. The average Bonchev–Trinajstić information content (AvgIpc) is 2.40. The predicted molar refractivity (Wildman–Crippen MR) is 76.4 cm³/mol. The molecule has 2 nitrogen and oxygen atoms in total. The van der Waals surface area contributed by atoms with E-state index in [0.717, 1.165) is 11.8 Å². The summed E-state index contributed by atoms with van der Waals surface area (Å²) in [7, 11) is 0. The van der Waals surface area contributed by atoms with Crippen LogP contribution in [-0.4, -0.2) is 11.0 Å². The summed E-state index contributed by atoms with van der Waals surface area (Å²) in [5.41, 5.74) is 1.29. The Morgan fingerprint density at radius 1 is 1.17 bits per heavy atom. The number of pyridine rings is 1. The minimum Gasteiger partial charge on any atom is -0.307 e. The van der Waals surface area contributed by atoms with Gasteiger partial charge in [0.1, 0.15) is 0 Å². The normalized spacial score (nSPS) is 26.2. The third kappa shape index (κ3) is 3.55. The van der Waals surface area contributed by atoms with Crippen molar-refractivity contribution in [3.05, 3.63) is 30.1 Å². The third-order valence-electron chi connectivity index (χ3n) is 4.38. The number of nitrogens with zero attached hydrogens (tertiary/aromatic N) is 1. The molecule has 1 aromatic rings. The monoisotopic (exact) mass is 246 g/mol. The Bertz CT molecular complexity index is 339. The van der Waals surface area contributed by atoms with Crippen LogP contribution in [0.1, 0.15) is 58.1 Å². The first kappa shape index (κ1) is 13.5. The number of aromatic nitrogens is 1. The molecular formula is C16H26N2. The lowest BCUT2D eigenvalue weighted by molar-refractivity contribution is 0.231. The molecule has 1 heterocycles. The zero-order valence-electron chi connectivity index (χ0n) is 11.9. The summed E-state index contributed by atoms with van der Waals surface area (Å²) in [5.74, 6) is 1.79. The standard InChI is InChI=1S/C16H26N2/c1-12(2)14-6-8-16(9-7-14)18-13(3)15-5-4-10-17-11-15/h4-5,10-14,16,18H,6-9H2,1-3H3/t13-,14?,16?/m0/s1. The summed E-state index contributed by atoms with van der Waals surface area (Å²) in [6.07, 6.45) is 9.23. The molecule has 1 N–H and O–H groups in total. The molecule has 0 radical (unpaired) electrons. The summed E-state index contributed by atoms with van der Waals surface area (Å²) >= 11 is 0. The van der Waals surface area contributed by atoms with Gasteiger partial charge in [0, 0.05) is 24.5 Å². The number of rotatable bonds is 4. The second-order valence-corrected chi connectivity index (χ2v) is 6.03. The van der Waals surface area contributed by atoms with Gasteiger partial charge in [-0.15, -0.1) is 0 Å². The maximum absolute atomic E-state index is 4.19. The van der Waals surface area contributed by atoms with Crippen LogP contribution in [-0.2, 0) is 0 Å². The van der Waals surface area contributed by atoms with Gasteiger partial charge in [-0.05, 0) is 56.1 Å². The molecule has 1 aromatic heterocycles. The van der Waals surface area contributed by atoms with E-state index in [0.29, 0.717) is 12.1 Å². The van der Waals surface area contributed by atoms with E-state index in [2.05, 4.69) is 37.1 Å². The lowest BCUT2D eigenvalue weighted by Gasteiger charge is -2.33. The van der Waals surface area contributed by atoms with E-state index >= 15 is 0 Å². The van der Waals surface area contributed by atoms with Crippen molar-refractivity contribution in [2.45, 2.75) is 58.5 Å². The van der Waals surface area contributed by atoms with Crippen molar-refractivity contribution < 1.29 is 0 Å². The van der Waals surface area contributed by atoms with Crippen LogP contribution in [0.5, 0.6) is 0 Å². The number of hydrogen-bond acceptors (Lipinski definition) is 2. The molecule has 0 bridgehead atoms. The first-order chi connectivity index (χ1) is 8.66. The molecule has 0 saturated heterocycles. The first-order valence-electron chi connectivity index (χ1n) is 7.32. The first-order valence-corrected chi connectivity index (χ1v) is 7.32. The molecule has 1 atom stereocenters. The molecule has 1 saturated carbocycles. The fourth-order valence-corrected chi connectivity index (χ4v) is 3.03. The quantitative estimate of drug-likeness (QED) is 0.870. The highest BCUT2D eigenvalue weighted by molar-refractivity contribution is 5.13. The Morgan fingerprint density at radius 2 is 1.89 bits per heavy atom. The minimum absolute atomic E-state index is 0.416. The molecular weight excluding hydrogens is 220 g/mol. The van der Waals surface area contributed by atoms with Crippen molar-refractivity contribution in [1.29, 1.82) is 0 Å². The van der Waals surface area contributed by atoms with E-state index < -0.39 is 0 Å². The van der Waals surface area contributed by atoms with Gasteiger partial charge >= 0.3 is 0 Å². The Morgan fingerprint density at radius 3 is 2.44 bits per heavy atom. The van der Waals surface area contributed by atoms with Gasteiger partial charge in [-0.3, -0.25) is 4.98 Å². The van der Waals surface area contributed by atoms with Gasteiger partial charge in [-0.1, -0.05) is 19.9 Å². The highest BCUT2D eigenvalue weighted by Gasteiger charge is 2.24. The molecule has 0 spiro atoms. The summed E-state index contributed by atoms with van der Waals surface area (Å²) in [5, 5.41) is 3.75. The van der Waals surface area contributed by atoms with Crippen molar-refractivity contribution in [3.8, 4) is 0 Å². The molecule has 1 fully saturated rings. The van der Waals surface area contributed by atoms with Crippen LogP contribution >= 0.6 is 0 Å². The molecule has 100 valence electrons. The largest absolute Gasteiger partial charge is 0.307 e. The van der Waals surface area contributed by atoms with Crippen molar-refractivity contribution >= 4 is 0 Å². The van der Waals surface area contributed by atoms with Crippen LogP contribution in [0.15, 0.2) is 24.5 Å². The van der Waals surface area contributed by atoms with Gasteiger partial charge < -0.3 is 5.32 Å². The van der Waals surface area contributed by atoms with E-state index in [1.807, 2.05) is 18.5 Å². The maximum Gasteiger partial charge on any atom is 0.0315 e. The average molecular weight is 246 g/mol. The predicted octanol–water partition coefficient (Wildman–Crippen LogP) is 3.95. The summed E-state index contributed by atoms with van der Waals surface area (Å²) in [6.45, 7) is 6.96. The minimum atomic E-state index is 0.416. The molecule has 2 heteroatoms. The molecule has 2 rings (SSSR count). The number of hydrogen-bond donors (Lipinski definition) is 1. The van der Waals surface area contributed by atoms with E-state index in [-0.39, 0.29) is 0 Å². The van der Waals surface area contributed by atoms with Crippen molar-refractivity contribution in [2.75, 3.05) is 0 Å². The smallest absolute Gasteiger partial charge is 0.0315 e. The molecule has 1 aliphatic rings. The SMILES string of the molecule is CC(C)C1CCC(N[C@@H](C)c2cccnc2)CC1. The van der Waals surface area contributed by atoms with Crippen molar-refractivity contribution in [3.63, 3.8) is 0 Å². The fraction of sp³-hybridized carbons (Fsp3) is 0.688. The van der Waals surface area contributed by atoms with Crippen molar-refractivity contribution in [2.24, 2.45) is 11.8 Å². The highest BCUT2D eigenvalue weighted by Crippen LogP contribution is 2.30. The van der Waals surface area contributed by atoms with Crippen LogP contribution in [0.4, 0.5) is 0 Å². The van der Waals surface area contributed by atoms with Crippen LogP contribution in [0, 0.1) is 11.8 Å². The maximum atomic E-state index is 4.19. The van der Waals surface area contributed by atoms with E-state index in [1.54, 1.807) is 0 Å². The lowest BCUT2D eigenvalue weighted by Crippen LogP contribution is -2.35. The summed E-state index contributed by atoms with van der Waals surface area (Å²) in [6, 6.07) is 5.28. The molecule has 0 amide bonds. The van der Waals surface area contributed by atoms with Crippen LogP contribution in [0.3, 0.4) is 0 Å². The third-order valence-corrected chi connectivity index (χ3v) is 4.38. The van der Waals surface area contributed by atoms with Gasteiger partial charge in [0.25, 0.3) is 0 Å². The fourth-order valence-electron chi connectivity index (χ4n) is 3.03. The Kier molecular flexibility index (Phi) is 4.76. The van der Waals surface area contributed by atoms with Crippen LogP contribution in [0.2, 0.25) is 0 Å². The molecule has 0 aliphatic heterocycles. The van der Waals surface area contributed by atoms with Gasteiger partial charge in [0.2, 0.25) is 0 Å². The summed E-state index contributed by atoms with van der Waals surface area (Å²) in [4.78, 5) is 4.19. The zero-order valence-corrected chi connectivity index (χ0v) is 11.9. The summed E-state index contributed by atoms with van der Waals surface area (Å²) < 4.78 is 0. The molecule has 0 aromatic carbocycles. The van der Waals surface area contributed by atoms with E-state index in [4.69, 9.17) is 0 Å². The lowest BCUT2D eigenvalue weighted by atomic mass is 9.79. The van der Waals surface area contributed by atoms with E-state index in [1.165, 1.54) is 31.2 Å². The topological polar surface area (TPSA) is 24.9 Å². The highest BCUT2D eigenvalue weighted by atomic mass is 14.9. The molecule has 1 aliphatic carbocycles. The van der Waals surface area contributed by atoms with Gasteiger partial charge in [-0.25, -0.2) is 0 Å². The van der Waals surface area contributed by atoms with Crippen LogP contribution in [0.25, 0.3) is 0 Å². The Hall–Kier alpha value is -0.890. The van der Waals surface area contributed by atoms with Crippen molar-refractivity contribution in [1.82, 2.24) is 10.3 Å². The van der Waals surface area contributed by atoms with E-state index in [9.17, 15) is 0 Å². The molecule has 18 heavy (non-hydrogen) atoms. The van der Waals surface area contributed by atoms with Gasteiger partial charge in [0.15, 0.2) is 0 Å². The van der Waals surface area contributed by atoms with Gasteiger partial charge in [-0.2, -0.15) is 0 Å². The van der Waals surface area contributed by atoms with Gasteiger partial charge in [0.05, 0.1) is 0 Å².